The monoisotopic (exact) mass is 336 g/mol. The van der Waals surface area contributed by atoms with Gasteiger partial charge in [0, 0.05) is 0 Å². The molecule has 0 fully saturated rings. The zero-order valence-corrected chi connectivity index (χ0v) is 14.3. The second kappa shape index (κ2) is 8.44. The van der Waals surface area contributed by atoms with Gasteiger partial charge in [0.2, 0.25) is 0 Å². The van der Waals surface area contributed by atoms with Crippen LogP contribution in [0.1, 0.15) is 35.1 Å². The van der Waals surface area contributed by atoms with Crippen molar-refractivity contribution in [2.75, 3.05) is 13.6 Å². The molecule has 1 atom stereocenters. The molecule has 2 aromatic rings. The zero-order valence-electron chi connectivity index (χ0n) is 14.3. The number of nitriles is 1. The number of hydrogen-bond acceptors (Lipinski definition) is 3. The summed E-state index contributed by atoms with van der Waals surface area (Å²) in [5, 5.41) is 12.2. The molecule has 0 saturated carbocycles. The van der Waals surface area contributed by atoms with Gasteiger partial charge in [0.1, 0.15) is 11.4 Å². The Morgan fingerprint density at radius 1 is 1.24 bits per heavy atom. The van der Waals surface area contributed by atoms with E-state index in [1.807, 2.05) is 25.2 Å². The number of nitrogens with one attached hydrogen (secondary N) is 1. The molecule has 1 aliphatic rings. The summed E-state index contributed by atoms with van der Waals surface area (Å²) >= 11 is 0. The van der Waals surface area contributed by atoms with Gasteiger partial charge < -0.3 is 10.1 Å². The Bertz CT molecular complexity index is 777. The maximum absolute atomic E-state index is 13.3. The highest BCUT2D eigenvalue weighted by molar-refractivity contribution is 5.47. The molecule has 128 valence electrons. The van der Waals surface area contributed by atoms with Gasteiger partial charge in [-0.2, -0.15) is 5.26 Å². The summed E-state index contributed by atoms with van der Waals surface area (Å²) in [7, 11) is 1.92. The SMILES string of the molecule is C#C.CNCCCC1(c2ccc(F)cc2)OCc2cc(C#N)ccc21. The lowest BCUT2D eigenvalue weighted by Crippen LogP contribution is -2.28. The molecule has 1 aliphatic heterocycles. The molecule has 3 rings (SSSR count). The lowest BCUT2D eigenvalue weighted by Gasteiger charge is -2.30. The smallest absolute Gasteiger partial charge is 0.123 e. The van der Waals surface area contributed by atoms with Crippen molar-refractivity contribution in [2.24, 2.45) is 0 Å². The van der Waals surface area contributed by atoms with Crippen LogP contribution in [0.4, 0.5) is 4.39 Å². The topological polar surface area (TPSA) is 45.0 Å². The molecule has 25 heavy (non-hydrogen) atoms. The Morgan fingerprint density at radius 3 is 2.60 bits per heavy atom. The molecule has 2 aromatic carbocycles. The van der Waals surface area contributed by atoms with Crippen molar-refractivity contribution in [1.29, 1.82) is 5.26 Å². The van der Waals surface area contributed by atoms with Gasteiger partial charge in [-0.15, -0.1) is 12.8 Å². The minimum absolute atomic E-state index is 0.253. The molecule has 0 radical (unpaired) electrons. The van der Waals surface area contributed by atoms with Crippen molar-refractivity contribution in [3.8, 4) is 18.9 Å². The molecule has 1 heterocycles. The maximum atomic E-state index is 13.3. The number of fused-ring (bicyclic) bond motifs is 1. The Balaban J connectivity index is 0.00000109. The summed E-state index contributed by atoms with van der Waals surface area (Å²) in [5.41, 5.74) is 3.15. The van der Waals surface area contributed by atoms with Crippen LogP contribution >= 0.6 is 0 Å². The number of benzene rings is 2. The van der Waals surface area contributed by atoms with Gasteiger partial charge in [0.25, 0.3) is 0 Å². The number of rotatable bonds is 5. The highest BCUT2D eigenvalue weighted by Crippen LogP contribution is 2.45. The number of ether oxygens (including phenoxy) is 1. The summed E-state index contributed by atoms with van der Waals surface area (Å²) in [4.78, 5) is 0. The minimum atomic E-state index is -0.562. The van der Waals surface area contributed by atoms with Crippen LogP contribution in [0.2, 0.25) is 0 Å². The lowest BCUT2D eigenvalue weighted by atomic mass is 9.81. The van der Waals surface area contributed by atoms with Gasteiger partial charge in [-0.25, -0.2) is 4.39 Å². The first-order chi connectivity index (χ1) is 12.2. The number of terminal acetylenes is 1. The van der Waals surface area contributed by atoms with Crippen molar-refractivity contribution in [1.82, 2.24) is 5.32 Å². The van der Waals surface area contributed by atoms with Crippen LogP contribution in [-0.2, 0) is 16.9 Å². The standard InChI is InChI=1S/C19H19FN2O.C2H2/c1-22-10-2-9-19(16-4-6-17(20)7-5-16)18-8-3-14(12-21)11-15(18)13-23-19;1-2/h3-8,11,22H,2,9-10,13H2,1H3;1-2H. The van der Waals surface area contributed by atoms with E-state index >= 15 is 0 Å². The maximum Gasteiger partial charge on any atom is 0.123 e. The number of hydrogen-bond donors (Lipinski definition) is 1. The van der Waals surface area contributed by atoms with E-state index in [1.165, 1.54) is 12.1 Å². The molecule has 0 bridgehead atoms. The van der Waals surface area contributed by atoms with Gasteiger partial charge in [-0.05, 0) is 67.4 Å². The number of halogens is 1. The molecule has 3 nitrogen and oxygen atoms in total. The van der Waals surface area contributed by atoms with Gasteiger partial charge >= 0.3 is 0 Å². The van der Waals surface area contributed by atoms with E-state index in [0.717, 1.165) is 36.1 Å². The fourth-order valence-electron chi connectivity index (χ4n) is 3.28. The van der Waals surface area contributed by atoms with Crippen LogP contribution in [0.15, 0.2) is 42.5 Å². The van der Waals surface area contributed by atoms with Crippen LogP contribution in [0, 0.1) is 30.0 Å². The fraction of sp³-hybridized carbons (Fsp3) is 0.286. The molecule has 0 amide bonds. The second-order valence-electron chi connectivity index (χ2n) is 5.81. The summed E-state index contributed by atoms with van der Waals surface area (Å²) in [6.45, 7) is 1.36. The van der Waals surface area contributed by atoms with Crippen molar-refractivity contribution >= 4 is 0 Å². The third kappa shape index (κ3) is 3.72. The highest BCUT2D eigenvalue weighted by Gasteiger charge is 2.41. The van der Waals surface area contributed by atoms with Crippen LogP contribution in [0.25, 0.3) is 0 Å². The molecule has 1 N–H and O–H groups in total. The molecule has 0 saturated heterocycles. The van der Waals surface area contributed by atoms with Crippen LogP contribution in [0.3, 0.4) is 0 Å². The van der Waals surface area contributed by atoms with E-state index in [2.05, 4.69) is 24.2 Å². The normalized spacial score (nSPS) is 17.9. The number of nitrogens with zero attached hydrogens (tertiary/aromatic N) is 1. The molecule has 1 unspecified atom stereocenters. The Morgan fingerprint density at radius 2 is 1.96 bits per heavy atom. The predicted octanol–water partition coefficient (Wildman–Crippen LogP) is 3.72. The van der Waals surface area contributed by atoms with E-state index in [-0.39, 0.29) is 5.82 Å². The van der Waals surface area contributed by atoms with Gasteiger partial charge in [-0.3, -0.25) is 0 Å². The van der Waals surface area contributed by atoms with Gasteiger partial charge in [0.05, 0.1) is 18.2 Å². The van der Waals surface area contributed by atoms with E-state index in [9.17, 15) is 4.39 Å². The van der Waals surface area contributed by atoms with E-state index in [0.29, 0.717) is 12.2 Å². The molecular weight excluding hydrogens is 315 g/mol. The van der Waals surface area contributed by atoms with Gasteiger partial charge in [-0.1, -0.05) is 18.2 Å². The van der Waals surface area contributed by atoms with Crippen molar-refractivity contribution in [3.63, 3.8) is 0 Å². The third-order valence-electron chi connectivity index (χ3n) is 4.41. The van der Waals surface area contributed by atoms with E-state index in [4.69, 9.17) is 10.00 Å². The first-order valence-electron chi connectivity index (χ1n) is 8.11. The average Bonchev–Trinajstić information content (AvgIpc) is 3.03. The van der Waals surface area contributed by atoms with Crippen LogP contribution in [0.5, 0.6) is 0 Å². The third-order valence-corrected chi connectivity index (χ3v) is 4.41. The largest absolute Gasteiger partial charge is 0.361 e. The molecular formula is C21H21FN2O. The molecule has 4 heteroatoms. The molecule has 0 aliphatic carbocycles. The first kappa shape index (κ1) is 18.7. The molecule has 0 spiro atoms. The highest BCUT2D eigenvalue weighted by atomic mass is 19.1. The predicted molar refractivity (Wildman–Crippen MR) is 96.2 cm³/mol. The quantitative estimate of drug-likeness (QED) is 0.668. The summed E-state index contributed by atoms with van der Waals surface area (Å²) < 4.78 is 19.5. The van der Waals surface area contributed by atoms with Crippen molar-refractivity contribution in [2.45, 2.75) is 25.0 Å². The lowest BCUT2D eigenvalue weighted by molar-refractivity contribution is -0.0128. The second-order valence-corrected chi connectivity index (χ2v) is 5.81. The van der Waals surface area contributed by atoms with Crippen LogP contribution in [-0.4, -0.2) is 13.6 Å². The van der Waals surface area contributed by atoms with Crippen molar-refractivity contribution in [3.05, 3.63) is 70.5 Å². The molecule has 0 aromatic heterocycles. The Kier molecular flexibility index (Phi) is 6.31. The van der Waals surface area contributed by atoms with E-state index in [1.54, 1.807) is 12.1 Å². The summed E-state index contributed by atoms with van der Waals surface area (Å²) in [6.07, 6.45) is 9.74. The summed E-state index contributed by atoms with van der Waals surface area (Å²) in [5.74, 6) is -0.253. The van der Waals surface area contributed by atoms with Crippen LogP contribution < -0.4 is 5.32 Å². The fourth-order valence-corrected chi connectivity index (χ4v) is 3.28. The first-order valence-corrected chi connectivity index (χ1v) is 8.11. The zero-order chi connectivity index (χ0) is 18.3. The van der Waals surface area contributed by atoms with E-state index < -0.39 is 5.60 Å². The Labute approximate surface area is 148 Å². The summed E-state index contributed by atoms with van der Waals surface area (Å²) in [6, 6.07) is 14.4. The van der Waals surface area contributed by atoms with Gasteiger partial charge in [0.15, 0.2) is 0 Å². The average molecular weight is 336 g/mol. The Hall–Kier alpha value is -2.66. The minimum Gasteiger partial charge on any atom is -0.361 e. The van der Waals surface area contributed by atoms with Crippen molar-refractivity contribution < 1.29 is 9.13 Å².